The Kier molecular flexibility index (Phi) is 6.30. The second-order valence-corrected chi connectivity index (χ2v) is 8.10. The fourth-order valence-electron chi connectivity index (χ4n) is 2.90. The van der Waals surface area contributed by atoms with Gasteiger partial charge >= 0.3 is 0 Å². The molecule has 3 rings (SSSR count). The van der Waals surface area contributed by atoms with Crippen LogP contribution in [-0.4, -0.2) is 57.1 Å². The number of nitrogens with one attached hydrogen (secondary N) is 1. The van der Waals surface area contributed by atoms with Gasteiger partial charge in [0.25, 0.3) is 5.91 Å². The Morgan fingerprint density at radius 1 is 1.21 bits per heavy atom. The van der Waals surface area contributed by atoms with Crippen molar-refractivity contribution in [3.05, 3.63) is 53.6 Å². The van der Waals surface area contributed by atoms with Gasteiger partial charge in [0, 0.05) is 24.3 Å². The van der Waals surface area contributed by atoms with Gasteiger partial charge in [0.2, 0.25) is 10.0 Å². The number of nitrogens with zero attached hydrogens (tertiary/aromatic N) is 1. The number of carbonyl (C=O) groups is 1. The minimum atomic E-state index is -3.83. The number of rotatable bonds is 6. The molecular weight excluding hydrogens is 384 g/mol. The monoisotopic (exact) mass is 406 g/mol. The van der Waals surface area contributed by atoms with Crippen LogP contribution >= 0.6 is 0 Å². The highest BCUT2D eigenvalue weighted by Gasteiger charge is 2.30. The summed E-state index contributed by atoms with van der Waals surface area (Å²) >= 11 is 0. The maximum atomic E-state index is 13.0. The minimum absolute atomic E-state index is 0.0614. The van der Waals surface area contributed by atoms with Crippen molar-refractivity contribution in [3.8, 4) is 5.75 Å². The molecule has 0 saturated carbocycles. The lowest BCUT2D eigenvalue weighted by atomic mass is 10.1. The van der Waals surface area contributed by atoms with E-state index < -0.39 is 15.9 Å². The van der Waals surface area contributed by atoms with E-state index in [-0.39, 0.29) is 35.9 Å². The van der Waals surface area contributed by atoms with Crippen molar-refractivity contribution in [2.45, 2.75) is 11.5 Å². The lowest BCUT2D eigenvalue weighted by Gasteiger charge is -2.26. The lowest BCUT2D eigenvalue weighted by molar-refractivity contribution is 0.0729. The molecule has 0 atom stereocenters. The van der Waals surface area contributed by atoms with Crippen LogP contribution in [0.4, 0.5) is 5.69 Å². The smallest absolute Gasteiger partial charge is 0.255 e. The van der Waals surface area contributed by atoms with Crippen LogP contribution in [0.3, 0.4) is 0 Å². The molecular formula is C19H22N2O6S. The van der Waals surface area contributed by atoms with Gasteiger partial charge in [0.05, 0.1) is 26.9 Å². The number of ether oxygens (including phenoxy) is 2. The second kappa shape index (κ2) is 8.70. The standard InChI is InChI=1S/C19H22N2O6S/c1-26-17-6-5-15(19(23)20-16-4-2-3-14(11-16)13-22)12-18(17)28(24,25)21-7-9-27-10-8-21/h2-6,11-12,22H,7-10,13H2,1H3,(H,20,23). The quantitative estimate of drug-likeness (QED) is 0.753. The van der Waals surface area contributed by atoms with Crippen molar-refractivity contribution in [3.63, 3.8) is 0 Å². The van der Waals surface area contributed by atoms with E-state index in [1.54, 1.807) is 24.3 Å². The number of benzene rings is 2. The lowest BCUT2D eigenvalue weighted by Crippen LogP contribution is -2.40. The van der Waals surface area contributed by atoms with Crippen molar-refractivity contribution < 1.29 is 27.8 Å². The van der Waals surface area contributed by atoms with Crippen molar-refractivity contribution in [2.75, 3.05) is 38.7 Å². The molecule has 9 heteroatoms. The number of anilines is 1. The molecule has 1 aliphatic heterocycles. The molecule has 2 aromatic carbocycles. The summed E-state index contributed by atoms with van der Waals surface area (Å²) in [6, 6.07) is 11.1. The van der Waals surface area contributed by atoms with Gasteiger partial charge in [-0.1, -0.05) is 12.1 Å². The summed E-state index contributed by atoms with van der Waals surface area (Å²) in [5.74, 6) is -0.290. The zero-order chi connectivity index (χ0) is 20.1. The van der Waals surface area contributed by atoms with E-state index in [9.17, 15) is 18.3 Å². The molecule has 1 saturated heterocycles. The summed E-state index contributed by atoms with van der Waals surface area (Å²) in [6.45, 7) is 0.992. The van der Waals surface area contributed by atoms with Crippen LogP contribution in [0.5, 0.6) is 5.75 Å². The van der Waals surface area contributed by atoms with Gasteiger partial charge in [-0.15, -0.1) is 0 Å². The Bertz CT molecular complexity index is 955. The van der Waals surface area contributed by atoms with Crippen LogP contribution in [0.25, 0.3) is 0 Å². The number of sulfonamides is 1. The van der Waals surface area contributed by atoms with E-state index in [1.807, 2.05) is 0 Å². The number of methoxy groups -OCH3 is 1. The average molecular weight is 406 g/mol. The Balaban J connectivity index is 1.90. The summed E-state index contributed by atoms with van der Waals surface area (Å²) in [6.07, 6.45) is 0. The predicted octanol–water partition coefficient (Wildman–Crippen LogP) is 1.46. The molecule has 8 nitrogen and oxygen atoms in total. The zero-order valence-electron chi connectivity index (χ0n) is 15.4. The Morgan fingerprint density at radius 3 is 2.64 bits per heavy atom. The summed E-state index contributed by atoms with van der Waals surface area (Å²) in [7, 11) is -2.45. The van der Waals surface area contributed by atoms with E-state index in [1.165, 1.54) is 29.6 Å². The topological polar surface area (TPSA) is 105 Å². The first kappa shape index (κ1) is 20.3. The van der Waals surface area contributed by atoms with Gasteiger partial charge in [0.15, 0.2) is 0 Å². The number of hydrogen-bond acceptors (Lipinski definition) is 6. The number of hydrogen-bond donors (Lipinski definition) is 2. The van der Waals surface area contributed by atoms with Crippen LogP contribution in [0.1, 0.15) is 15.9 Å². The highest BCUT2D eigenvalue weighted by Crippen LogP contribution is 2.28. The SMILES string of the molecule is COc1ccc(C(=O)Nc2cccc(CO)c2)cc1S(=O)(=O)N1CCOCC1. The van der Waals surface area contributed by atoms with Crippen molar-refractivity contribution in [1.82, 2.24) is 4.31 Å². The van der Waals surface area contributed by atoms with Gasteiger partial charge in [-0.2, -0.15) is 4.31 Å². The summed E-state index contributed by atoms with van der Waals surface area (Å²) in [4.78, 5) is 12.6. The predicted molar refractivity (Wildman–Crippen MR) is 103 cm³/mol. The van der Waals surface area contributed by atoms with Crippen molar-refractivity contribution in [2.24, 2.45) is 0 Å². The summed E-state index contributed by atoms with van der Waals surface area (Å²) in [5.41, 5.74) is 1.34. The molecule has 2 aromatic rings. The molecule has 28 heavy (non-hydrogen) atoms. The number of amides is 1. The first-order valence-corrected chi connectivity index (χ1v) is 10.2. The first-order chi connectivity index (χ1) is 13.5. The average Bonchev–Trinajstić information content (AvgIpc) is 2.74. The van der Waals surface area contributed by atoms with E-state index in [0.29, 0.717) is 24.5 Å². The van der Waals surface area contributed by atoms with Crippen molar-refractivity contribution >= 4 is 21.6 Å². The summed E-state index contributed by atoms with van der Waals surface area (Å²) < 4.78 is 37.8. The molecule has 1 fully saturated rings. The molecule has 0 bridgehead atoms. The maximum Gasteiger partial charge on any atom is 0.255 e. The van der Waals surface area contributed by atoms with Gasteiger partial charge in [-0.25, -0.2) is 8.42 Å². The molecule has 0 aliphatic carbocycles. The number of carbonyl (C=O) groups excluding carboxylic acids is 1. The molecule has 2 N–H and O–H groups in total. The van der Waals surface area contributed by atoms with Gasteiger partial charge in [-0.3, -0.25) is 4.79 Å². The van der Waals surface area contributed by atoms with Crippen LogP contribution < -0.4 is 10.1 Å². The highest BCUT2D eigenvalue weighted by molar-refractivity contribution is 7.89. The third-order valence-electron chi connectivity index (χ3n) is 4.38. The number of aliphatic hydroxyl groups is 1. The van der Waals surface area contributed by atoms with Crippen molar-refractivity contribution in [1.29, 1.82) is 0 Å². The Morgan fingerprint density at radius 2 is 1.96 bits per heavy atom. The van der Waals surface area contributed by atoms with E-state index in [2.05, 4.69) is 5.32 Å². The van der Waals surface area contributed by atoms with E-state index >= 15 is 0 Å². The molecule has 0 spiro atoms. The molecule has 1 heterocycles. The number of morpholine rings is 1. The van der Waals surface area contributed by atoms with E-state index in [4.69, 9.17) is 9.47 Å². The molecule has 1 amide bonds. The fraction of sp³-hybridized carbons (Fsp3) is 0.316. The third kappa shape index (κ3) is 4.33. The van der Waals surface area contributed by atoms with Crippen LogP contribution in [0, 0.1) is 0 Å². The van der Waals surface area contributed by atoms with Crippen LogP contribution in [0.2, 0.25) is 0 Å². The first-order valence-electron chi connectivity index (χ1n) is 8.73. The molecule has 1 aliphatic rings. The fourth-order valence-corrected chi connectivity index (χ4v) is 4.49. The molecule has 0 aromatic heterocycles. The molecule has 0 unspecified atom stereocenters. The van der Waals surface area contributed by atoms with Crippen LogP contribution in [-0.2, 0) is 21.4 Å². The van der Waals surface area contributed by atoms with Gasteiger partial charge in [-0.05, 0) is 35.9 Å². The van der Waals surface area contributed by atoms with Crippen LogP contribution in [0.15, 0.2) is 47.4 Å². The third-order valence-corrected chi connectivity index (χ3v) is 6.30. The summed E-state index contributed by atoms with van der Waals surface area (Å²) in [5, 5.41) is 11.9. The maximum absolute atomic E-state index is 13.0. The van der Waals surface area contributed by atoms with Gasteiger partial charge in [0.1, 0.15) is 10.6 Å². The normalized spacial score (nSPS) is 15.2. The largest absolute Gasteiger partial charge is 0.495 e. The number of aliphatic hydroxyl groups excluding tert-OH is 1. The molecule has 150 valence electrons. The highest BCUT2D eigenvalue weighted by atomic mass is 32.2. The second-order valence-electron chi connectivity index (χ2n) is 6.19. The van der Waals surface area contributed by atoms with Gasteiger partial charge < -0.3 is 19.9 Å². The Labute approximate surface area is 163 Å². The minimum Gasteiger partial charge on any atom is -0.495 e. The zero-order valence-corrected chi connectivity index (χ0v) is 16.2. The van der Waals surface area contributed by atoms with E-state index in [0.717, 1.165) is 0 Å². The molecule has 0 radical (unpaired) electrons. The Hall–Kier alpha value is -2.46.